The first-order valence-electron chi connectivity index (χ1n) is 10.2. The summed E-state index contributed by atoms with van der Waals surface area (Å²) < 4.78 is 40.1. The van der Waals surface area contributed by atoms with Gasteiger partial charge in [-0.15, -0.1) is 0 Å². The molecule has 4 nitrogen and oxygen atoms in total. The van der Waals surface area contributed by atoms with Crippen LogP contribution in [0.25, 0.3) is 0 Å². The molecule has 0 saturated heterocycles. The van der Waals surface area contributed by atoms with Crippen molar-refractivity contribution in [3.05, 3.63) is 83.4 Å². The van der Waals surface area contributed by atoms with Gasteiger partial charge in [0.15, 0.2) is 29.8 Å². The molecule has 0 bridgehead atoms. The lowest BCUT2D eigenvalue weighted by Gasteiger charge is -2.27. The van der Waals surface area contributed by atoms with Crippen molar-refractivity contribution in [2.75, 3.05) is 6.61 Å². The third-order valence-electron chi connectivity index (χ3n) is 5.14. The molecule has 0 aliphatic carbocycles. The molecule has 7 heteroatoms. The number of carbonyl (C=O) groups is 2. The van der Waals surface area contributed by atoms with Crippen LogP contribution >= 0.6 is 0 Å². The van der Waals surface area contributed by atoms with Crippen LogP contribution in [0.3, 0.4) is 0 Å². The van der Waals surface area contributed by atoms with Gasteiger partial charge in [0.25, 0.3) is 0 Å². The van der Waals surface area contributed by atoms with Crippen molar-refractivity contribution in [3.8, 4) is 5.75 Å². The number of hydrogen-bond donors (Lipinski definition) is 0. The molecule has 164 valence electrons. The largest absolute Gasteiger partial charge is 0.476 e. The molecule has 4 rings (SSSR count). The minimum atomic E-state index is -2.31. The summed E-state index contributed by atoms with van der Waals surface area (Å²) >= 11 is 0. The average molecular weight is 453 g/mol. The first-order valence-corrected chi connectivity index (χ1v) is 11.9. The van der Waals surface area contributed by atoms with Crippen LogP contribution in [0.2, 0.25) is 0 Å². The molecule has 0 saturated carbocycles. The Bertz CT molecular complexity index is 1140. The Balaban J connectivity index is 1.71. The summed E-state index contributed by atoms with van der Waals surface area (Å²) in [7, 11) is -2.31. The lowest BCUT2D eigenvalue weighted by atomic mass is 10.0. The second-order valence-corrected chi connectivity index (χ2v) is 11.4. The van der Waals surface area contributed by atoms with Gasteiger partial charge in [0.2, 0.25) is 0 Å². The number of benzene rings is 3. The second kappa shape index (κ2) is 8.31. The molecule has 3 aromatic rings. The average Bonchev–Trinajstić information content (AvgIpc) is 2.72. The molecule has 1 aliphatic heterocycles. The van der Waals surface area contributed by atoms with Crippen LogP contribution in [-0.2, 0) is 9.53 Å². The van der Waals surface area contributed by atoms with Crippen molar-refractivity contribution in [1.29, 1.82) is 0 Å². The van der Waals surface area contributed by atoms with E-state index in [0.29, 0.717) is 16.3 Å². The number of ether oxygens (including phenoxy) is 2. The van der Waals surface area contributed by atoms with Crippen molar-refractivity contribution in [2.24, 2.45) is 0 Å². The van der Waals surface area contributed by atoms with E-state index in [1.807, 2.05) is 24.3 Å². The zero-order chi connectivity index (χ0) is 23.0. The monoisotopic (exact) mass is 452 g/mol. The van der Waals surface area contributed by atoms with Crippen molar-refractivity contribution >= 4 is 36.1 Å². The molecule has 0 spiro atoms. The van der Waals surface area contributed by atoms with Gasteiger partial charge < -0.3 is 9.47 Å². The van der Waals surface area contributed by atoms with Gasteiger partial charge in [-0.1, -0.05) is 48.5 Å². The number of esters is 1. The maximum Gasteiger partial charge on any atom is 0.344 e. The molecule has 0 aromatic heterocycles. The Labute approximate surface area is 186 Å². The van der Waals surface area contributed by atoms with E-state index < -0.39 is 44.4 Å². The zero-order valence-corrected chi connectivity index (χ0v) is 19.1. The van der Waals surface area contributed by atoms with Gasteiger partial charge in [0.05, 0.1) is 0 Å². The lowest BCUT2D eigenvalue weighted by Crippen LogP contribution is -2.58. The number of hydrogen-bond acceptors (Lipinski definition) is 4. The minimum Gasteiger partial charge on any atom is -0.476 e. The standard InChI is InChI=1S/C25H22F2O4Si/c1-25(2,3)31-22(28)14-30-24-18(26)12-15(13-19(24)27)32-20-10-6-4-8-16(20)23(29)17-9-5-7-11-21(17)32/h4-13,32H,14H2,1-3H3. The summed E-state index contributed by atoms with van der Waals surface area (Å²) in [6.07, 6.45) is 0. The molecular weight excluding hydrogens is 430 g/mol. The van der Waals surface area contributed by atoms with E-state index in [9.17, 15) is 18.4 Å². The summed E-state index contributed by atoms with van der Waals surface area (Å²) in [5, 5.41) is 2.12. The molecule has 0 amide bonds. The second-order valence-electron chi connectivity index (χ2n) is 8.63. The summed E-state index contributed by atoms with van der Waals surface area (Å²) in [6, 6.07) is 16.9. The maximum atomic E-state index is 14.9. The van der Waals surface area contributed by atoms with Gasteiger partial charge in [0, 0.05) is 11.1 Å². The minimum absolute atomic E-state index is 0.0850. The quantitative estimate of drug-likeness (QED) is 0.353. The van der Waals surface area contributed by atoms with E-state index in [-0.39, 0.29) is 5.78 Å². The fourth-order valence-corrected chi connectivity index (χ4v) is 7.33. The van der Waals surface area contributed by atoms with E-state index in [0.717, 1.165) is 10.4 Å². The van der Waals surface area contributed by atoms with Gasteiger partial charge >= 0.3 is 5.97 Å². The molecule has 1 aliphatic rings. The molecule has 0 atom stereocenters. The van der Waals surface area contributed by atoms with Crippen molar-refractivity contribution < 1.29 is 27.8 Å². The van der Waals surface area contributed by atoms with Crippen molar-refractivity contribution in [3.63, 3.8) is 0 Å². The number of carbonyl (C=O) groups excluding carboxylic acids is 2. The Morgan fingerprint density at radius 1 is 0.906 bits per heavy atom. The summed E-state index contributed by atoms with van der Waals surface area (Å²) in [5.41, 5.74) is 0.398. The fourth-order valence-electron chi connectivity index (χ4n) is 3.97. The lowest BCUT2D eigenvalue weighted by molar-refractivity contribution is -0.157. The molecule has 0 unspecified atom stereocenters. The van der Waals surface area contributed by atoms with Crippen LogP contribution in [0.4, 0.5) is 8.78 Å². The summed E-state index contributed by atoms with van der Waals surface area (Å²) in [5.74, 6) is -3.23. The first-order chi connectivity index (χ1) is 15.2. The molecular formula is C25H22F2O4Si. The van der Waals surface area contributed by atoms with Gasteiger partial charge in [-0.2, -0.15) is 0 Å². The molecule has 32 heavy (non-hydrogen) atoms. The van der Waals surface area contributed by atoms with E-state index in [2.05, 4.69) is 0 Å². The Morgan fingerprint density at radius 2 is 1.41 bits per heavy atom. The van der Waals surface area contributed by atoms with Crippen LogP contribution in [0.5, 0.6) is 5.75 Å². The topological polar surface area (TPSA) is 52.6 Å². The predicted octanol–water partition coefficient (Wildman–Crippen LogP) is 2.48. The fraction of sp³-hybridized carbons (Fsp3) is 0.200. The summed E-state index contributed by atoms with van der Waals surface area (Å²) in [4.78, 5) is 24.8. The van der Waals surface area contributed by atoms with Gasteiger partial charge in [0.1, 0.15) is 14.4 Å². The van der Waals surface area contributed by atoms with Gasteiger partial charge in [-0.3, -0.25) is 4.79 Å². The molecule has 1 heterocycles. The van der Waals surface area contributed by atoms with Gasteiger partial charge in [-0.25, -0.2) is 13.6 Å². The van der Waals surface area contributed by atoms with Crippen LogP contribution in [0, 0.1) is 11.6 Å². The first kappa shape index (κ1) is 21.9. The summed E-state index contributed by atoms with van der Waals surface area (Å²) in [6.45, 7) is 4.47. The highest BCUT2D eigenvalue weighted by atomic mass is 28.3. The Kier molecular flexibility index (Phi) is 5.69. The van der Waals surface area contributed by atoms with E-state index in [4.69, 9.17) is 9.47 Å². The molecule has 3 aromatic carbocycles. The van der Waals surface area contributed by atoms with Crippen LogP contribution < -0.4 is 20.3 Å². The number of rotatable bonds is 4. The third kappa shape index (κ3) is 4.20. The third-order valence-corrected chi connectivity index (χ3v) is 8.39. The van der Waals surface area contributed by atoms with Crippen molar-refractivity contribution in [1.82, 2.24) is 0 Å². The number of fused-ring (bicyclic) bond motifs is 2. The normalized spacial score (nSPS) is 13.3. The Morgan fingerprint density at radius 3 is 1.91 bits per heavy atom. The van der Waals surface area contributed by atoms with E-state index >= 15 is 0 Å². The van der Waals surface area contributed by atoms with Crippen LogP contribution in [0.15, 0.2) is 60.7 Å². The smallest absolute Gasteiger partial charge is 0.344 e. The number of halogens is 2. The van der Waals surface area contributed by atoms with Gasteiger partial charge in [-0.05, 0) is 48.5 Å². The maximum absolute atomic E-state index is 14.9. The van der Waals surface area contributed by atoms with Crippen LogP contribution in [0.1, 0.15) is 36.7 Å². The zero-order valence-electron chi connectivity index (χ0n) is 17.9. The molecule has 0 N–H and O–H groups in total. The molecule has 0 radical (unpaired) electrons. The highest BCUT2D eigenvalue weighted by molar-refractivity contribution is 6.97. The van der Waals surface area contributed by atoms with Crippen LogP contribution in [-0.4, -0.2) is 32.8 Å². The van der Waals surface area contributed by atoms with E-state index in [1.165, 1.54) is 12.1 Å². The predicted molar refractivity (Wildman–Crippen MR) is 120 cm³/mol. The highest BCUT2D eigenvalue weighted by Gasteiger charge is 2.34. The molecule has 0 fully saturated rings. The van der Waals surface area contributed by atoms with E-state index in [1.54, 1.807) is 45.0 Å². The van der Waals surface area contributed by atoms with Crippen molar-refractivity contribution in [2.45, 2.75) is 26.4 Å². The number of ketones is 1. The Hall–Kier alpha value is -3.32. The SMILES string of the molecule is CC(C)(C)OC(=O)COc1c(F)cc([SiH]2c3ccccc3C(=O)c3ccccc32)cc1F. The highest BCUT2D eigenvalue weighted by Crippen LogP contribution is 2.22.